The molecule has 0 radical (unpaired) electrons. The zero-order chi connectivity index (χ0) is 18.5. The Morgan fingerprint density at radius 2 is 1.38 bits per heavy atom. The van der Waals surface area contributed by atoms with Crippen molar-refractivity contribution >= 4 is 18.3 Å². The first kappa shape index (κ1) is 21.8. The number of hydrogen-bond donors (Lipinski definition) is 0. The van der Waals surface area contributed by atoms with Crippen LogP contribution in [0.25, 0.3) is 0 Å². The monoisotopic (exact) mass is 346 g/mol. The molecule has 0 aliphatic heterocycles. The summed E-state index contributed by atoms with van der Waals surface area (Å²) < 4.78 is 24.5. The zero-order valence-corrected chi connectivity index (χ0v) is 14.6. The molecule has 3 unspecified atom stereocenters. The Balaban J connectivity index is 4.51. The first-order valence-corrected chi connectivity index (χ1v) is 7.82. The summed E-state index contributed by atoms with van der Waals surface area (Å²) in [7, 11) is 0. The predicted octanol–water partition coefficient (Wildman–Crippen LogP) is 2.99. The second-order valence-electron chi connectivity index (χ2n) is 5.06. The SMILES string of the molecule is C=CC(=O)OCC(COC(=O)OC(C)CC)OC(=O)OC(C)CC. The zero-order valence-electron chi connectivity index (χ0n) is 14.6. The smallest absolute Gasteiger partial charge is 0.458 e. The molecule has 0 fully saturated rings. The van der Waals surface area contributed by atoms with Crippen molar-refractivity contribution in [3.8, 4) is 0 Å². The molecule has 0 saturated carbocycles. The Morgan fingerprint density at radius 3 is 1.88 bits per heavy atom. The highest BCUT2D eigenvalue weighted by atomic mass is 16.8. The summed E-state index contributed by atoms with van der Waals surface area (Å²) >= 11 is 0. The third-order valence-electron chi connectivity index (χ3n) is 2.97. The Kier molecular flexibility index (Phi) is 11.1. The second-order valence-corrected chi connectivity index (χ2v) is 5.06. The Morgan fingerprint density at radius 1 is 0.875 bits per heavy atom. The average molecular weight is 346 g/mol. The number of esters is 1. The van der Waals surface area contributed by atoms with E-state index in [1.54, 1.807) is 13.8 Å². The van der Waals surface area contributed by atoms with Crippen LogP contribution < -0.4 is 0 Å². The van der Waals surface area contributed by atoms with Crippen molar-refractivity contribution in [2.75, 3.05) is 13.2 Å². The lowest BCUT2D eigenvalue weighted by molar-refractivity contribution is -0.142. The van der Waals surface area contributed by atoms with Crippen LogP contribution in [0.5, 0.6) is 0 Å². The van der Waals surface area contributed by atoms with E-state index < -0.39 is 24.4 Å². The van der Waals surface area contributed by atoms with E-state index in [2.05, 4.69) is 6.58 Å². The van der Waals surface area contributed by atoms with Gasteiger partial charge in [-0.2, -0.15) is 0 Å². The van der Waals surface area contributed by atoms with Crippen molar-refractivity contribution in [3.05, 3.63) is 12.7 Å². The van der Waals surface area contributed by atoms with Gasteiger partial charge in [-0.3, -0.25) is 0 Å². The summed E-state index contributed by atoms with van der Waals surface area (Å²) in [5.74, 6) is -0.693. The molecule has 0 aromatic carbocycles. The van der Waals surface area contributed by atoms with Crippen molar-refractivity contribution in [2.45, 2.75) is 58.8 Å². The largest absolute Gasteiger partial charge is 0.509 e. The summed E-state index contributed by atoms with van der Waals surface area (Å²) in [6, 6.07) is 0. The van der Waals surface area contributed by atoms with E-state index in [0.29, 0.717) is 12.8 Å². The molecule has 3 atom stereocenters. The highest BCUT2D eigenvalue weighted by Crippen LogP contribution is 2.05. The maximum atomic E-state index is 11.6. The molecule has 8 nitrogen and oxygen atoms in total. The first-order chi connectivity index (χ1) is 11.3. The van der Waals surface area contributed by atoms with E-state index in [9.17, 15) is 14.4 Å². The number of carbonyl (C=O) groups is 3. The molecule has 0 heterocycles. The fraction of sp³-hybridized carbons (Fsp3) is 0.688. The number of carbonyl (C=O) groups excluding carboxylic acids is 3. The lowest BCUT2D eigenvalue weighted by Crippen LogP contribution is -2.32. The quantitative estimate of drug-likeness (QED) is 0.338. The van der Waals surface area contributed by atoms with Gasteiger partial charge >= 0.3 is 18.3 Å². The van der Waals surface area contributed by atoms with Gasteiger partial charge in [0.25, 0.3) is 0 Å². The van der Waals surface area contributed by atoms with Gasteiger partial charge in [0.1, 0.15) is 25.4 Å². The van der Waals surface area contributed by atoms with Gasteiger partial charge < -0.3 is 23.7 Å². The fourth-order valence-electron chi connectivity index (χ4n) is 1.20. The molecule has 0 spiro atoms. The fourth-order valence-corrected chi connectivity index (χ4v) is 1.20. The molecular weight excluding hydrogens is 320 g/mol. The topological polar surface area (TPSA) is 97.4 Å². The third kappa shape index (κ3) is 10.5. The van der Waals surface area contributed by atoms with E-state index in [-0.39, 0.29) is 25.4 Å². The summed E-state index contributed by atoms with van der Waals surface area (Å²) in [4.78, 5) is 34.2. The molecule has 0 N–H and O–H groups in total. The number of ether oxygens (including phenoxy) is 5. The average Bonchev–Trinajstić information content (AvgIpc) is 2.56. The van der Waals surface area contributed by atoms with Gasteiger partial charge in [-0.1, -0.05) is 20.4 Å². The molecule has 138 valence electrons. The number of hydrogen-bond acceptors (Lipinski definition) is 8. The van der Waals surface area contributed by atoms with Gasteiger partial charge in [0.2, 0.25) is 0 Å². The minimum Gasteiger partial charge on any atom is -0.458 e. The first-order valence-electron chi connectivity index (χ1n) is 7.82. The van der Waals surface area contributed by atoms with Crippen molar-refractivity contribution in [1.82, 2.24) is 0 Å². The van der Waals surface area contributed by atoms with Crippen LogP contribution in [0.2, 0.25) is 0 Å². The maximum absolute atomic E-state index is 11.6. The van der Waals surface area contributed by atoms with Crippen molar-refractivity contribution in [3.63, 3.8) is 0 Å². The highest BCUT2D eigenvalue weighted by molar-refractivity contribution is 5.81. The van der Waals surface area contributed by atoms with E-state index in [0.717, 1.165) is 6.08 Å². The lowest BCUT2D eigenvalue weighted by atomic mass is 10.3. The maximum Gasteiger partial charge on any atom is 0.509 e. The number of rotatable bonds is 10. The van der Waals surface area contributed by atoms with Crippen molar-refractivity contribution in [1.29, 1.82) is 0 Å². The minimum absolute atomic E-state index is 0.300. The third-order valence-corrected chi connectivity index (χ3v) is 2.97. The second kappa shape index (κ2) is 12.2. The van der Waals surface area contributed by atoms with Crippen LogP contribution >= 0.6 is 0 Å². The molecule has 0 bridgehead atoms. The predicted molar refractivity (Wildman–Crippen MR) is 84.4 cm³/mol. The van der Waals surface area contributed by atoms with E-state index in [4.69, 9.17) is 23.7 Å². The highest BCUT2D eigenvalue weighted by Gasteiger charge is 2.21. The molecule has 0 aromatic rings. The molecule has 0 aliphatic rings. The van der Waals surface area contributed by atoms with E-state index in [1.807, 2.05) is 13.8 Å². The van der Waals surface area contributed by atoms with E-state index >= 15 is 0 Å². The van der Waals surface area contributed by atoms with E-state index in [1.165, 1.54) is 0 Å². The lowest BCUT2D eigenvalue weighted by Gasteiger charge is -2.19. The Labute approximate surface area is 142 Å². The van der Waals surface area contributed by atoms with Crippen LogP contribution in [0, 0.1) is 0 Å². The summed E-state index contributed by atoms with van der Waals surface area (Å²) in [5, 5.41) is 0. The molecule has 8 heteroatoms. The molecule has 24 heavy (non-hydrogen) atoms. The van der Waals surface area contributed by atoms with Crippen LogP contribution in [0.4, 0.5) is 9.59 Å². The van der Waals surface area contributed by atoms with Crippen LogP contribution in [-0.2, 0) is 28.5 Å². The normalized spacial score (nSPS) is 13.8. The van der Waals surface area contributed by atoms with Crippen LogP contribution in [-0.4, -0.2) is 49.8 Å². The molecule has 0 aliphatic carbocycles. The molecule has 0 rings (SSSR count). The standard InChI is InChI=1S/C16H26O8/c1-6-11(4)22-15(18)21-10-13(9-20-14(17)8-3)24-16(19)23-12(5)7-2/h8,11-13H,3,6-7,9-10H2,1-2,4-5H3. The van der Waals surface area contributed by atoms with Gasteiger partial charge in [-0.25, -0.2) is 14.4 Å². The van der Waals surface area contributed by atoms with Gasteiger partial charge in [-0.15, -0.1) is 0 Å². The van der Waals surface area contributed by atoms with Crippen LogP contribution in [0.3, 0.4) is 0 Å². The Bertz CT molecular complexity index is 420. The summed E-state index contributed by atoms with van der Waals surface area (Å²) in [5.41, 5.74) is 0. The van der Waals surface area contributed by atoms with Crippen molar-refractivity contribution < 1.29 is 38.1 Å². The summed E-state index contributed by atoms with van der Waals surface area (Å²) in [6.07, 6.45) is -1.28. The minimum atomic E-state index is -1.02. The molecule has 0 aromatic heterocycles. The summed E-state index contributed by atoms with van der Waals surface area (Å²) in [6.45, 7) is 9.72. The van der Waals surface area contributed by atoms with Gasteiger partial charge in [0, 0.05) is 6.08 Å². The van der Waals surface area contributed by atoms with Gasteiger partial charge in [0.15, 0.2) is 6.10 Å². The van der Waals surface area contributed by atoms with Gasteiger partial charge in [0.05, 0.1) is 0 Å². The molecule has 0 saturated heterocycles. The Hall–Kier alpha value is -2.25. The molecule has 0 amide bonds. The molecular formula is C16H26O8. The van der Waals surface area contributed by atoms with Gasteiger partial charge in [-0.05, 0) is 26.7 Å². The van der Waals surface area contributed by atoms with Crippen LogP contribution in [0.15, 0.2) is 12.7 Å². The van der Waals surface area contributed by atoms with Crippen LogP contribution in [0.1, 0.15) is 40.5 Å². The van der Waals surface area contributed by atoms with Crippen molar-refractivity contribution in [2.24, 2.45) is 0 Å².